The lowest BCUT2D eigenvalue weighted by Gasteiger charge is -2.15. The van der Waals surface area contributed by atoms with Gasteiger partial charge in [0.15, 0.2) is 0 Å². The number of carbonyl (C=O) groups is 2. The Labute approximate surface area is 108 Å². The molecule has 0 aliphatic rings. The van der Waals surface area contributed by atoms with Crippen molar-refractivity contribution in [3.8, 4) is 0 Å². The number of hydrogen-bond donors (Lipinski definition) is 1. The summed E-state index contributed by atoms with van der Waals surface area (Å²) in [5, 5.41) is 9.20. The first-order chi connectivity index (χ1) is 8.22. The third kappa shape index (κ3) is 4.35. The minimum absolute atomic E-state index is 0.0308. The van der Waals surface area contributed by atoms with Gasteiger partial charge < -0.3 is 9.84 Å². The van der Waals surface area contributed by atoms with Crippen LogP contribution < -0.4 is 0 Å². The van der Waals surface area contributed by atoms with Crippen molar-refractivity contribution in [3.63, 3.8) is 0 Å². The van der Waals surface area contributed by atoms with Crippen LogP contribution in [0.2, 0.25) is 0 Å². The molecule has 102 valence electrons. The number of carbonyl (C=O) groups excluding carboxylic acids is 1. The molecule has 1 N–H and O–H groups in total. The SMILES string of the molecule is CCC(C)OC(=O)C(=C(C)C)C(C(=O)O)=C(C)C. The zero-order valence-corrected chi connectivity index (χ0v) is 12.0. The van der Waals surface area contributed by atoms with Crippen LogP contribution in [0.1, 0.15) is 48.0 Å². The van der Waals surface area contributed by atoms with Crippen LogP contribution >= 0.6 is 0 Å². The monoisotopic (exact) mass is 254 g/mol. The van der Waals surface area contributed by atoms with Gasteiger partial charge in [0.2, 0.25) is 0 Å². The summed E-state index contributed by atoms with van der Waals surface area (Å²) in [5.74, 6) is -1.67. The van der Waals surface area contributed by atoms with E-state index in [9.17, 15) is 14.7 Å². The standard InChI is InChI=1S/C14H22O4/c1-7-10(6)18-14(17)12(9(4)5)11(8(2)3)13(15)16/h10H,7H2,1-6H3,(H,15,16). The van der Waals surface area contributed by atoms with E-state index in [-0.39, 0.29) is 17.3 Å². The van der Waals surface area contributed by atoms with Crippen molar-refractivity contribution >= 4 is 11.9 Å². The molecule has 0 aliphatic heterocycles. The number of hydrogen-bond acceptors (Lipinski definition) is 3. The summed E-state index contributed by atoms with van der Waals surface area (Å²) in [6.45, 7) is 10.4. The molecular weight excluding hydrogens is 232 g/mol. The quantitative estimate of drug-likeness (QED) is 0.465. The van der Waals surface area contributed by atoms with Gasteiger partial charge in [0.25, 0.3) is 0 Å². The molecule has 0 amide bonds. The smallest absolute Gasteiger partial charge is 0.339 e. The van der Waals surface area contributed by atoms with Crippen LogP contribution in [0.15, 0.2) is 22.3 Å². The van der Waals surface area contributed by atoms with Gasteiger partial charge in [-0.3, -0.25) is 0 Å². The van der Waals surface area contributed by atoms with Crippen molar-refractivity contribution in [1.82, 2.24) is 0 Å². The van der Waals surface area contributed by atoms with Crippen LogP contribution in [0.3, 0.4) is 0 Å². The number of rotatable bonds is 5. The lowest BCUT2D eigenvalue weighted by atomic mass is 9.97. The van der Waals surface area contributed by atoms with Crippen LogP contribution in [0.5, 0.6) is 0 Å². The summed E-state index contributed by atoms with van der Waals surface area (Å²) in [5.41, 5.74) is 1.41. The molecule has 0 aliphatic carbocycles. The second-order valence-electron chi connectivity index (χ2n) is 4.68. The first kappa shape index (κ1) is 16.4. The lowest BCUT2D eigenvalue weighted by molar-refractivity contribution is -0.144. The Morgan fingerprint density at radius 1 is 1.06 bits per heavy atom. The predicted octanol–water partition coefficient (Wildman–Crippen LogP) is 3.09. The van der Waals surface area contributed by atoms with E-state index in [0.29, 0.717) is 17.6 Å². The second kappa shape index (κ2) is 6.99. The highest BCUT2D eigenvalue weighted by Gasteiger charge is 2.25. The maximum Gasteiger partial charge on any atom is 0.339 e. The molecule has 4 nitrogen and oxygen atoms in total. The van der Waals surface area contributed by atoms with Gasteiger partial charge in [-0.15, -0.1) is 0 Å². The van der Waals surface area contributed by atoms with Crippen molar-refractivity contribution < 1.29 is 19.4 Å². The number of allylic oxidation sites excluding steroid dienone is 2. The average Bonchev–Trinajstić information content (AvgIpc) is 2.23. The molecule has 4 heteroatoms. The van der Waals surface area contributed by atoms with Gasteiger partial charge in [0.05, 0.1) is 17.3 Å². The summed E-state index contributed by atoms with van der Waals surface area (Å²) < 4.78 is 5.21. The molecule has 1 atom stereocenters. The maximum absolute atomic E-state index is 12.0. The molecule has 0 aromatic heterocycles. The van der Waals surface area contributed by atoms with Crippen molar-refractivity contribution in [1.29, 1.82) is 0 Å². The van der Waals surface area contributed by atoms with E-state index in [0.717, 1.165) is 0 Å². The summed E-state index contributed by atoms with van der Waals surface area (Å²) in [4.78, 5) is 23.3. The van der Waals surface area contributed by atoms with Gasteiger partial charge >= 0.3 is 11.9 Å². The molecule has 18 heavy (non-hydrogen) atoms. The van der Waals surface area contributed by atoms with E-state index < -0.39 is 11.9 Å². The number of carboxylic acids is 1. The predicted molar refractivity (Wildman–Crippen MR) is 70.2 cm³/mol. The highest BCUT2D eigenvalue weighted by molar-refractivity contribution is 6.07. The van der Waals surface area contributed by atoms with E-state index in [1.54, 1.807) is 34.6 Å². The molecule has 0 radical (unpaired) electrons. The van der Waals surface area contributed by atoms with Crippen LogP contribution in [0.4, 0.5) is 0 Å². The zero-order valence-electron chi connectivity index (χ0n) is 12.0. The third-order valence-electron chi connectivity index (χ3n) is 2.55. The molecule has 0 fully saturated rings. The molecular formula is C14H22O4. The van der Waals surface area contributed by atoms with E-state index in [4.69, 9.17) is 4.74 Å². The largest absolute Gasteiger partial charge is 0.478 e. The molecule has 0 bridgehead atoms. The van der Waals surface area contributed by atoms with Crippen molar-refractivity contribution in [2.45, 2.75) is 54.1 Å². The Morgan fingerprint density at radius 2 is 1.50 bits per heavy atom. The molecule has 0 aromatic carbocycles. The highest BCUT2D eigenvalue weighted by Crippen LogP contribution is 2.21. The number of aliphatic carboxylic acids is 1. The molecule has 0 saturated heterocycles. The fourth-order valence-corrected chi connectivity index (χ4v) is 1.45. The first-order valence-electron chi connectivity index (χ1n) is 6.01. The third-order valence-corrected chi connectivity index (χ3v) is 2.55. The van der Waals surface area contributed by atoms with Crippen molar-refractivity contribution in [2.24, 2.45) is 0 Å². The van der Waals surface area contributed by atoms with Gasteiger partial charge in [0.1, 0.15) is 0 Å². The number of carboxylic acid groups (broad SMARTS) is 1. The van der Waals surface area contributed by atoms with E-state index >= 15 is 0 Å². The molecule has 0 heterocycles. The van der Waals surface area contributed by atoms with E-state index in [2.05, 4.69) is 0 Å². The Kier molecular flexibility index (Phi) is 6.37. The zero-order chi connectivity index (χ0) is 14.5. The van der Waals surface area contributed by atoms with Gasteiger partial charge in [0, 0.05) is 0 Å². The molecule has 0 rings (SSSR count). The Balaban J connectivity index is 5.50. The fourth-order valence-electron chi connectivity index (χ4n) is 1.45. The van der Waals surface area contributed by atoms with Crippen LogP contribution in [-0.4, -0.2) is 23.1 Å². The minimum atomic E-state index is -1.10. The Morgan fingerprint density at radius 3 is 1.78 bits per heavy atom. The minimum Gasteiger partial charge on any atom is -0.478 e. The van der Waals surface area contributed by atoms with Gasteiger partial charge in [-0.05, 0) is 41.0 Å². The molecule has 0 spiro atoms. The van der Waals surface area contributed by atoms with Gasteiger partial charge in [-0.1, -0.05) is 18.1 Å². The van der Waals surface area contributed by atoms with Crippen molar-refractivity contribution in [3.05, 3.63) is 22.3 Å². The van der Waals surface area contributed by atoms with Crippen LogP contribution in [-0.2, 0) is 14.3 Å². The molecule has 1 unspecified atom stereocenters. The fraction of sp³-hybridized carbons (Fsp3) is 0.571. The normalized spacial score (nSPS) is 11.4. The first-order valence-corrected chi connectivity index (χ1v) is 6.01. The maximum atomic E-state index is 12.0. The van der Waals surface area contributed by atoms with Crippen molar-refractivity contribution in [2.75, 3.05) is 0 Å². The number of esters is 1. The summed E-state index contributed by atoms with van der Waals surface area (Å²) >= 11 is 0. The lowest BCUT2D eigenvalue weighted by Crippen LogP contribution is -2.21. The van der Waals surface area contributed by atoms with E-state index in [1.807, 2.05) is 6.92 Å². The van der Waals surface area contributed by atoms with E-state index in [1.165, 1.54) is 0 Å². The average molecular weight is 254 g/mol. The highest BCUT2D eigenvalue weighted by atomic mass is 16.5. The summed E-state index contributed by atoms with van der Waals surface area (Å²) in [6.07, 6.45) is 0.470. The molecule has 0 aromatic rings. The second-order valence-corrected chi connectivity index (χ2v) is 4.68. The topological polar surface area (TPSA) is 63.6 Å². The Bertz CT molecular complexity index is 394. The van der Waals surface area contributed by atoms with Gasteiger partial charge in [-0.2, -0.15) is 0 Å². The number of ether oxygens (including phenoxy) is 1. The summed E-state index contributed by atoms with van der Waals surface area (Å²) in [7, 11) is 0. The summed E-state index contributed by atoms with van der Waals surface area (Å²) in [6, 6.07) is 0. The van der Waals surface area contributed by atoms with Crippen LogP contribution in [0.25, 0.3) is 0 Å². The van der Waals surface area contributed by atoms with Crippen LogP contribution in [0, 0.1) is 0 Å². The molecule has 0 saturated carbocycles. The Hall–Kier alpha value is -1.58. The van der Waals surface area contributed by atoms with Gasteiger partial charge in [-0.25, -0.2) is 9.59 Å².